The zero-order chi connectivity index (χ0) is 17.4. The van der Waals surface area contributed by atoms with Crippen LogP contribution >= 0.6 is 11.6 Å². The number of anilines is 1. The van der Waals surface area contributed by atoms with Gasteiger partial charge in [0.25, 0.3) is 5.91 Å². The fraction of sp³-hybridized carbons (Fsp3) is 0.375. The number of amides is 1. The molecule has 3 aromatic rings. The van der Waals surface area contributed by atoms with E-state index >= 15 is 0 Å². The third-order valence-corrected chi connectivity index (χ3v) is 4.65. The molecule has 0 bridgehead atoms. The summed E-state index contributed by atoms with van der Waals surface area (Å²) in [7, 11) is 0. The summed E-state index contributed by atoms with van der Waals surface area (Å²) in [6.07, 6.45) is 5.24. The Bertz CT molecular complexity index is 910. The number of aromatic nitrogens is 5. The van der Waals surface area contributed by atoms with Crippen LogP contribution in [-0.2, 0) is 6.54 Å². The molecule has 1 aliphatic heterocycles. The van der Waals surface area contributed by atoms with Crippen LogP contribution in [0.15, 0.2) is 30.7 Å². The molecule has 0 N–H and O–H groups in total. The number of carbonyl (C=O) groups is 1. The van der Waals surface area contributed by atoms with Crippen LogP contribution in [0.5, 0.6) is 0 Å². The number of rotatable bonds is 3. The fourth-order valence-electron chi connectivity index (χ4n) is 2.97. The molecular formula is C16H18ClN7O. The maximum atomic E-state index is 12.7. The van der Waals surface area contributed by atoms with Gasteiger partial charge in [0.05, 0.1) is 5.02 Å². The molecule has 9 heteroatoms. The Labute approximate surface area is 149 Å². The lowest BCUT2D eigenvalue weighted by molar-refractivity contribution is 0.0739. The second-order valence-electron chi connectivity index (χ2n) is 5.88. The minimum Gasteiger partial charge on any atom is -0.352 e. The van der Waals surface area contributed by atoms with Gasteiger partial charge in [-0.2, -0.15) is 5.10 Å². The molecule has 8 nitrogen and oxygen atoms in total. The summed E-state index contributed by atoms with van der Waals surface area (Å²) in [6.45, 7) is 5.29. The van der Waals surface area contributed by atoms with Crippen LogP contribution in [0, 0.1) is 0 Å². The van der Waals surface area contributed by atoms with Crippen LogP contribution in [0.3, 0.4) is 0 Å². The predicted octanol–water partition coefficient (Wildman–Crippen LogP) is 1.56. The molecule has 130 valence electrons. The van der Waals surface area contributed by atoms with Crippen molar-refractivity contribution in [2.45, 2.75) is 13.5 Å². The quantitative estimate of drug-likeness (QED) is 0.709. The topological polar surface area (TPSA) is 71.6 Å². The number of imidazole rings is 1. The molecule has 3 aromatic heterocycles. The van der Waals surface area contributed by atoms with Gasteiger partial charge in [0.1, 0.15) is 5.82 Å². The maximum Gasteiger partial charge on any atom is 0.276 e. The highest BCUT2D eigenvalue weighted by Crippen LogP contribution is 2.19. The smallest absolute Gasteiger partial charge is 0.276 e. The summed E-state index contributed by atoms with van der Waals surface area (Å²) in [6, 6.07) is 3.90. The van der Waals surface area contributed by atoms with Crippen LogP contribution in [0.4, 0.5) is 5.82 Å². The molecule has 25 heavy (non-hydrogen) atoms. The van der Waals surface area contributed by atoms with E-state index < -0.39 is 0 Å². The lowest BCUT2D eigenvalue weighted by atomic mass is 10.2. The highest BCUT2D eigenvalue weighted by molar-refractivity contribution is 6.33. The van der Waals surface area contributed by atoms with E-state index in [-0.39, 0.29) is 5.91 Å². The van der Waals surface area contributed by atoms with Crippen molar-refractivity contribution in [1.82, 2.24) is 29.3 Å². The highest BCUT2D eigenvalue weighted by Gasteiger charge is 2.26. The van der Waals surface area contributed by atoms with Crippen molar-refractivity contribution >= 4 is 29.0 Å². The Morgan fingerprint density at radius 1 is 1.20 bits per heavy atom. The van der Waals surface area contributed by atoms with E-state index in [1.807, 2.05) is 25.3 Å². The third kappa shape index (κ3) is 2.93. The molecule has 1 saturated heterocycles. The molecule has 0 atom stereocenters. The average Bonchev–Trinajstić information content (AvgIpc) is 3.26. The summed E-state index contributed by atoms with van der Waals surface area (Å²) >= 11 is 6.15. The largest absolute Gasteiger partial charge is 0.352 e. The number of nitrogens with zero attached hydrogens (tertiary/aromatic N) is 7. The Morgan fingerprint density at radius 3 is 2.72 bits per heavy atom. The monoisotopic (exact) mass is 359 g/mol. The molecule has 4 heterocycles. The molecular weight excluding hydrogens is 342 g/mol. The van der Waals surface area contributed by atoms with Crippen molar-refractivity contribution in [2.75, 3.05) is 31.1 Å². The molecule has 1 fully saturated rings. The molecule has 0 spiro atoms. The van der Waals surface area contributed by atoms with E-state index in [0.717, 1.165) is 11.5 Å². The summed E-state index contributed by atoms with van der Waals surface area (Å²) in [5.74, 6) is 0.765. The van der Waals surface area contributed by atoms with E-state index in [1.165, 1.54) is 0 Å². The SMILES string of the molecule is CCn1cc(Cl)c(C(=O)N2CCN(c3ccc4nccn4n3)CC2)n1. The van der Waals surface area contributed by atoms with E-state index in [9.17, 15) is 4.79 Å². The number of piperazine rings is 1. The van der Waals surface area contributed by atoms with Gasteiger partial charge in [0, 0.05) is 51.3 Å². The van der Waals surface area contributed by atoms with Crippen LogP contribution in [-0.4, -0.2) is 61.4 Å². The van der Waals surface area contributed by atoms with Crippen LogP contribution in [0.25, 0.3) is 5.65 Å². The van der Waals surface area contributed by atoms with Gasteiger partial charge in [-0.25, -0.2) is 9.50 Å². The normalized spacial score (nSPS) is 15.1. The highest BCUT2D eigenvalue weighted by atomic mass is 35.5. The first-order valence-corrected chi connectivity index (χ1v) is 8.61. The fourth-order valence-corrected chi connectivity index (χ4v) is 3.20. The Balaban J connectivity index is 1.45. The van der Waals surface area contributed by atoms with Gasteiger partial charge < -0.3 is 9.80 Å². The Morgan fingerprint density at radius 2 is 2.00 bits per heavy atom. The Kier molecular flexibility index (Phi) is 4.04. The Hall–Kier alpha value is -2.61. The number of hydrogen-bond donors (Lipinski definition) is 0. The standard InChI is InChI=1S/C16H18ClN7O/c1-2-23-11-12(17)15(20-23)16(25)22-9-7-21(8-10-22)14-4-3-13-18-5-6-24(13)19-14/h3-6,11H,2,7-10H2,1H3. The van der Waals surface area contributed by atoms with Crippen molar-refractivity contribution in [1.29, 1.82) is 0 Å². The summed E-state index contributed by atoms with van der Waals surface area (Å²) in [4.78, 5) is 20.8. The first-order chi connectivity index (χ1) is 12.2. The second kappa shape index (κ2) is 6.36. The maximum absolute atomic E-state index is 12.7. The van der Waals surface area contributed by atoms with Gasteiger partial charge in [-0.15, -0.1) is 5.10 Å². The lowest BCUT2D eigenvalue weighted by Crippen LogP contribution is -2.49. The molecule has 0 aliphatic carbocycles. The van der Waals surface area contributed by atoms with E-state index in [1.54, 1.807) is 26.5 Å². The minimum atomic E-state index is -0.116. The van der Waals surface area contributed by atoms with E-state index in [0.29, 0.717) is 43.4 Å². The minimum absolute atomic E-state index is 0.116. The summed E-state index contributed by atoms with van der Waals surface area (Å²) < 4.78 is 3.43. The number of carbonyl (C=O) groups excluding carboxylic acids is 1. The molecule has 1 aliphatic rings. The number of fused-ring (bicyclic) bond motifs is 1. The predicted molar refractivity (Wildman–Crippen MR) is 94.0 cm³/mol. The first kappa shape index (κ1) is 15.9. The molecule has 0 unspecified atom stereocenters. The van der Waals surface area contributed by atoms with E-state index in [4.69, 9.17) is 11.6 Å². The van der Waals surface area contributed by atoms with Crippen LogP contribution in [0.2, 0.25) is 5.02 Å². The third-order valence-electron chi connectivity index (χ3n) is 4.38. The van der Waals surface area contributed by atoms with Gasteiger partial charge in [-0.05, 0) is 19.1 Å². The first-order valence-electron chi connectivity index (χ1n) is 8.23. The molecule has 0 radical (unpaired) electrons. The van der Waals surface area contributed by atoms with Crippen molar-refractivity contribution < 1.29 is 4.79 Å². The van der Waals surface area contributed by atoms with Crippen molar-refractivity contribution in [3.63, 3.8) is 0 Å². The number of aryl methyl sites for hydroxylation is 1. The van der Waals surface area contributed by atoms with Crippen molar-refractivity contribution in [2.24, 2.45) is 0 Å². The van der Waals surface area contributed by atoms with Crippen molar-refractivity contribution in [3.8, 4) is 0 Å². The lowest BCUT2D eigenvalue weighted by Gasteiger charge is -2.35. The number of hydrogen-bond acceptors (Lipinski definition) is 5. The van der Waals surface area contributed by atoms with Gasteiger partial charge in [-0.1, -0.05) is 11.6 Å². The zero-order valence-corrected chi connectivity index (χ0v) is 14.6. The van der Waals surface area contributed by atoms with E-state index in [2.05, 4.69) is 20.1 Å². The van der Waals surface area contributed by atoms with Gasteiger partial charge in [-0.3, -0.25) is 9.48 Å². The summed E-state index contributed by atoms with van der Waals surface area (Å²) in [5.41, 5.74) is 1.15. The molecule has 1 amide bonds. The van der Waals surface area contributed by atoms with Crippen LogP contribution in [0.1, 0.15) is 17.4 Å². The van der Waals surface area contributed by atoms with Crippen molar-refractivity contribution in [3.05, 3.63) is 41.4 Å². The number of halogens is 1. The second-order valence-corrected chi connectivity index (χ2v) is 6.29. The summed E-state index contributed by atoms with van der Waals surface area (Å²) in [5, 5.41) is 9.23. The van der Waals surface area contributed by atoms with Gasteiger partial charge in [0.15, 0.2) is 11.3 Å². The molecule has 0 aromatic carbocycles. The molecule has 0 saturated carbocycles. The van der Waals surface area contributed by atoms with Gasteiger partial charge >= 0.3 is 0 Å². The zero-order valence-electron chi connectivity index (χ0n) is 13.8. The average molecular weight is 360 g/mol. The molecule has 4 rings (SSSR count). The van der Waals surface area contributed by atoms with Crippen LogP contribution < -0.4 is 4.90 Å². The van der Waals surface area contributed by atoms with Gasteiger partial charge in [0.2, 0.25) is 0 Å².